The number of urea groups is 1. The van der Waals surface area contributed by atoms with Crippen molar-refractivity contribution in [3.63, 3.8) is 0 Å². The Hall–Kier alpha value is -2.82. The molecular formula is C20H24F3N5O3. The molecule has 0 radical (unpaired) electrons. The van der Waals surface area contributed by atoms with Gasteiger partial charge in [0.25, 0.3) is 0 Å². The summed E-state index contributed by atoms with van der Waals surface area (Å²) in [5, 5.41) is 11.5. The molecule has 11 heteroatoms. The fourth-order valence-corrected chi connectivity index (χ4v) is 4.28. The van der Waals surface area contributed by atoms with Crippen LogP contribution in [0, 0.1) is 0 Å². The van der Waals surface area contributed by atoms with Crippen LogP contribution in [-0.2, 0) is 30.7 Å². The predicted octanol–water partition coefficient (Wildman–Crippen LogP) is 2.66. The van der Waals surface area contributed by atoms with Gasteiger partial charge in [-0.1, -0.05) is 12.1 Å². The largest absolute Gasteiger partial charge is 0.573 e. The summed E-state index contributed by atoms with van der Waals surface area (Å²) < 4.78 is 47.9. The van der Waals surface area contributed by atoms with E-state index < -0.39 is 6.36 Å². The average molecular weight is 439 g/mol. The zero-order valence-corrected chi connectivity index (χ0v) is 17.1. The average Bonchev–Trinajstić information content (AvgIpc) is 3.23. The minimum Gasteiger partial charge on any atom is -0.406 e. The molecule has 0 aliphatic carbocycles. The summed E-state index contributed by atoms with van der Waals surface area (Å²) in [5.41, 5.74) is 0.684. The van der Waals surface area contributed by atoms with E-state index in [1.165, 1.54) is 24.3 Å². The van der Waals surface area contributed by atoms with E-state index in [0.717, 1.165) is 24.5 Å². The van der Waals surface area contributed by atoms with E-state index in [4.69, 9.17) is 4.74 Å². The number of carbonyl (C=O) groups excluding carboxylic acids is 1. The molecule has 2 aliphatic heterocycles. The predicted molar refractivity (Wildman–Crippen MR) is 103 cm³/mol. The van der Waals surface area contributed by atoms with Gasteiger partial charge < -0.3 is 24.3 Å². The second kappa shape index (κ2) is 8.74. The van der Waals surface area contributed by atoms with Gasteiger partial charge in [0.2, 0.25) is 0 Å². The summed E-state index contributed by atoms with van der Waals surface area (Å²) in [4.78, 5) is 14.8. The topological polar surface area (TPSA) is 81.5 Å². The van der Waals surface area contributed by atoms with Crippen molar-refractivity contribution in [2.75, 3.05) is 13.7 Å². The van der Waals surface area contributed by atoms with Gasteiger partial charge in [-0.2, -0.15) is 0 Å². The Morgan fingerprint density at radius 2 is 1.94 bits per heavy atom. The highest BCUT2D eigenvalue weighted by atomic mass is 19.4. The van der Waals surface area contributed by atoms with Gasteiger partial charge in [-0.25, -0.2) is 4.79 Å². The lowest BCUT2D eigenvalue weighted by molar-refractivity contribution is -0.274. The molecule has 2 aromatic rings. The number of carbonyl (C=O) groups is 1. The molecule has 168 valence electrons. The first-order chi connectivity index (χ1) is 14.8. The molecule has 4 rings (SSSR count). The number of amides is 2. The number of halogens is 3. The number of fused-ring (bicyclic) bond motifs is 3. The third-order valence-corrected chi connectivity index (χ3v) is 5.70. The van der Waals surface area contributed by atoms with Crippen LogP contribution in [0.25, 0.3) is 0 Å². The summed E-state index contributed by atoms with van der Waals surface area (Å²) in [5.74, 6) is 1.46. The summed E-state index contributed by atoms with van der Waals surface area (Å²) in [6.07, 6.45) is -1.60. The van der Waals surface area contributed by atoms with Gasteiger partial charge in [-0.05, 0) is 30.5 Å². The summed E-state index contributed by atoms with van der Waals surface area (Å²) >= 11 is 0. The first-order valence-corrected chi connectivity index (χ1v) is 10.1. The summed E-state index contributed by atoms with van der Waals surface area (Å²) in [7, 11) is 1.64. The molecule has 0 saturated carbocycles. The summed E-state index contributed by atoms with van der Waals surface area (Å²) in [6, 6.07) is 5.39. The number of benzene rings is 1. The van der Waals surface area contributed by atoms with E-state index in [-0.39, 0.29) is 30.4 Å². The van der Waals surface area contributed by atoms with Gasteiger partial charge >= 0.3 is 12.4 Å². The Labute approximate surface area is 177 Å². The van der Waals surface area contributed by atoms with Crippen LogP contribution in [0.15, 0.2) is 24.3 Å². The third kappa shape index (κ3) is 4.92. The lowest BCUT2D eigenvalue weighted by atomic mass is 10.1. The molecular weight excluding hydrogens is 415 g/mol. The standard InChI is InChI=1S/C20H24F3N5O3/c1-30-9-8-17-25-26-18-10-14-4-5-15(12-27(17)18)28(14)19(29)24-11-13-2-6-16(7-3-13)31-20(21,22)23/h2-3,6-7,14-15H,4-5,8-12H2,1H3,(H,24,29)/t14-,15+/m0/s1. The second-order valence-electron chi connectivity index (χ2n) is 7.73. The molecule has 3 heterocycles. The van der Waals surface area contributed by atoms with Crippen molar-refractivity contribution in [3.05, 3.63) is 41.5 Å². The molecule has 2 bridgehead atoms. The van der Waals surface area contributed by atoms with E-state index in [1.54, 1.807) is 7.11 Å². The van der Waals surface area contributed by atoms with Crippen molar-refractivity contribution < 1.29 is 27.4 Å². The van der Waals surface area contributed by atoms with E-state index in [2.05, 4.69) is 24.8 Å². The van der Waals surface area contributed by atoms with Gasteiger partial charge in [0.15, 0.2) is 0 Å². The van der Waals surface area contributed by atoms with Crippen molar-refractivity contribution in [2.45, 2.75) is 57.2 Å². The fraction of sp³-hybridized carbons (Fsp3) is 0.550. The molecule has 31 heavy (non-hydrogen) atoms. The minimum absolute atomic E-state index is 0.0473. The molecule has 1 fully saturated rings. The van der Waals surface area contributed by atoms with Gasteiger partial charge in [-0.3, -0.25) is 0 Å². The van der Waals surface area contributed by atoms with Crippen molar-refractivity contribution in [3.8, 4) is 5.75 Å². The van der Waals surface area contributed by atoms with E-state index in [0.29, 0.717) is 31.6 Å². The fourth-order valence-electron chi connectivity index (χ4n) is 4.28. The Bertz CT molecular complexity index is 916. The number of ether oxygens (including phenoxy) is 2. The number of hydrogen-bond acceptors (Lipinski definition) is 5. The van der Waals surface area contributed by atoms with Crippen LogP contribution >= 0.6 is 0 Å². The van der Waals surface area contributed by atoms with Crippen molar-refractivity contribution in [2.24, 2.45) is 0 Å². The molecule has 0 unspecified atom stereocenters. The molecule has 1 N–H and O–H groups in total. The number of alkyl halides is 3. The maximum absolute atomic E-state index is 12.9. The Balaban J connectivity index is 1.38. The van der Waals surface area contributed by atoms with Crippen molar-refractivity contribution in [1.82, 2.24) is 25.0 Å². The molecule has 2 aliphatic rings. The Morgan fingerprint density at radius 3 is 2.65 bits per heavy atom. The lowest BCUT2D eigenvalue weighted by Crippen LogP contribution is -2.47. The lowest BCUT2D eigenvalue weighted by Gasteiger charge is -2.28. The molecule has 8 nitrogen and oxygen atoms in total. The number of hydrogen-bond donors (Lipinski definition) is 1. The molecule has 2 amide bonds. The first-order valence-electron chi connectivity index (χ1n) is 10.1. The number of nitrogens with one attached hydrogen (secondary N) is 1. The van der Waals surface area contributed by atoms with E-state index in [1.807, 2.05) is 4.90 Å². The van der Waals surface area contributed by atoms with Crippen LogP contribution in [0.4, 0.5) is 18.0 Å². The van der Waals surface area contributed by atoms with E-state index >= 15 is 0 Å². The molecule has 1 saturated heterocycles. The number of methoxy groups -OCH3 is 1. The number of rotatable bonds is 6. The highest BCUT2D eigenvalue weighted by Gasteiger charge is 2.41. The van der Waals surface area contributed by atoms with Crippen LogP contribution in [0.2, 0.25) is 0 Å². The first kappa shape index (κ1) is 21.4. The normalized spacial score (nSPS) is 20.3. The van der Waals surface area contributed by atoms with Crippen LogP contribution < -0.4 is 10.1 Å². The SMILES string of the molecule is COCCc1nnc2n1C[C@H]1CC[C@@H](C2)N1C(=O)NCc1ccc(OC(F)(F)F)cc1. The maximum Gasteiger partial charge on any atom is 0.573 e. The Kier molecular flexibility index (Phi) is 6.03. The third-order valence-electron chi connectivity index (χ3n) is 5.70. The quantitative estimate of drug-likeness (QED) is 0.749. The minimum atomic E-state index is -4.73. The Morgan fingerprint density at radius 1 is 1.19 bits per heavy atom. The zero-order chi connectivity index (χ0) is 22.0. The van der Waals surface area contributed by atoms with Crippen LogP contribution in [0.1, 0.15) is 30.1 Å². The van der Waals surface area contributed by atoms with Crippen LogP contribution in [-0.4, -0.2) is 57.9 Å². The molecule has 1 aromatic heterocycles. The monoisotopic (exact) mass is 439 g/mol. The number of aromatic nitrogens is 3. The second-order valence-corrected chi connectivity index (χ2v) is 7.73. The highest BCUT2D eigenvalue weighted by molar-refractivity contribution is 5.75. The van der Waals surface area contributed by atoms with Gasteiger partial charge in [0.05, 0.1) is 12.6 Å². The highest BCUT2D eigenvalue weighted by Crippen LogP contribution is 2.31. The molecule has 0 spiro atoms. The van der Waals surface area contributed by atoms with Crippen LogP contribution in [0.5, 0.6) is 5.75 Å². The van der Waals surface area contributed by atoms with Gasteiger partial charge in [0.1, 0.15) is 17.4 Å². The number of nitrogens with zero attached hydrogens (tertiary/aromatic N) is 4. The van der Waals surface area contributed by atoms with Crippen LogP contribution in [0.3, 0.4) is 0 Å². The van der Waals surface area contributed by atoms with Gasteiger partial charge in [-0.15, -0.1) is 23.4 Å². The maximum atomic E-state index is 12.9. The van der Waals surface area contributed by atoms with Gasteiger partial charge in [0, 0.05) is 39.1 Å². The zero-order valence-electron chi connectivity index (χ0n) is 17.1. The van der Waals surface area contributed by atoms with E-state index in [9.17, 15) is 18.0 Å². The molecule has 1 aromatic carbocycles. The van der Waals surface area contributed by atoms with Crippen molar-refractivity contribution >= 4 is 6.03 Å². The summed E-state index contributed by atoms with van der Waals surface area (Å²) in [6.45, 7) is 1.42. The van der Waals surface area contributed by atoms with Crippen molar-refractivity contribution in [1.29, 1.82) is 0 Å². The smallest absolute Gasteiger partial charge is 0.406 e. The molecule has 2 atom stereocenters.